The van der Waals surface area contributed by atoms with Crippen molar-refractivity contribution in [2.24, 2.45) is 5.73 Å². The summed E-state index contributed by atoms with van der Waals surface area (Å²) in [5.41, 5.74) is 6.95. The van der Waals surface area contributed by atoms with Gasteiger partial charge in [-0.25, -0.2) is 9.97 Å². The molecule has 6 nitrogen and oxygen atoms in total. The van der Waals surface area contributed by atoms with Crippen molar-refractivity contribution >= 4 is 29.1 Å². The summed E-state index contributed by atoms with van der Waals surface area (Å²) in [7, 11) is 1.80. The van der Waals surface area contributed by atoms with Crippen molar-refractivity contribution in [3.63, 3.8) is 0 Å². The van der Waals surface area contributed by atoms with E-state index in [0.717, 1.165) is 12.1 Å². The summed E-state index contributed by atoms with van der Waals surface area (Å²) in [6, 6.07) is 1.91. The highest BCUT2D eigenvalue weighted by molar-refractivity contribution is 7.80. The van der Waals surface area contributed by atoms with Gasteiger partial charge in [-0.2, -0.15) is 0 Å². The van der Waals surface area contributed by atoms with Crippen LogP contribution >= 0.6 is 12.2 Å². The number of amides is 1. The molecule has 3 N–H and O–H groups in total. The van der Waals surface area contributed by atoms with Crippen LogP contribution in [-0.4, -0.2) is 45.4 Å². The minimum absolute atomic E-state index is 0.156. The molecule has 0 radical (unpaired) electrons. The molecule has 0 aliphatic carbocycles. The Labute approximate surface area is 117 Å². The van der Waals surface area contributed by atoms with Crippen molar-refractivity contribution < 1.29 is 4.79 Å². The van der Waals surface area contributed by atoms with Gasteiger partial charge < -0.3 is 16.0 Å². The molecule has 1 aliphatic heterocycles. The van der Waals surface area contributed by atoms with Gasteiger partial charge in [0.25, 0.3) is 0 Å². The van der Waals surface area contributed by atoms with E-state index in [2.05, 4.69) is 15.3 Å². The fraction of sp³-hybridized carbons (Fsp3) is 0.500. The molecule has 102 valence electrons. The summed E-state index contributed by atoms with van der Waals surface area (Å²) < 4.78 is 0. The second-order valence-corrected chi connectivity index (χ2v) is 5.18. The zero-order valence-corrected chi connectivity index (χ0v) is 11.8. The number of nitrogens with two attached hydrogens (primary N) is 1. The molecule has 7 heteroatoms. The predicted octanol–water partition coefficient (Wildman–Crippen LogP) is 0.452. The Morgan fingerprint density at radius 1 is 1.58 bits per heavy atom. The standard InChI is InChI=1S/C12H17N5OS/c1-7-5-9(11(13)19)16-12(14-7)15-8-3-4-10(18)17(2)6-8/h5,8H,3-4,6H2,1-2H3,(H2,13,19)(H,14,15,16). The normalized spacial score (nSPS) is 19.4. The molecule has 1 saturated heterocycles. The third-order valence-corrected chi connectivity index (χ3v) is 3.28. The van der Waals surface area contributed by atoms with E-state index >= 15 is 0 Å². The van der Waals surface area contributed by atoms with Crippen molar-refractivity contribution in [1.29, 1.82) is 0 Å². The van der Waals surface area contributed by atoms with Crippen LogP contribution in [0.3, 0.4) is 0 Å². The number of piperidine rings is 1. The van der Waals surface area contributed by atoms with Gasteiger partial charge in [-0.1, -0.05) is 12.2 Å². The van der Waals surface area contributed by atoms with Crippen LogP contribution in [0.2, 0.25) is 0 Å². The highest BCUT2D eigenvalue weighted by Gasteiger charge is 2.23. The van der Waals surface area contributed by atoms with Crippen LogP contribution in [0.25, 0.3) is 0 Å². The Balaban J connectivity index is 2.11. The average molecular weight is 279 g/mol. The van der Waals surface area contributed by atoms with E-state index in [9.17, 15) is 4.79 Å². The number of aromatic nitrogens is 2. The molecule has 1 aromatic heterocycles. The van der Waals surface area contributed by atoms with E-state index in [1.165, 1.54) is 0 Å². The fourth-order valence-electron chi connectivity index (χ4n) is 2.07. The maximum Gasteiger partial charge on any atom is 0.223 e. The number of hydrogen-bond donors (Lipinski definition) is 2. The van der Waals surface area contributed by atoms with Crippen molar-refractivity contribution in [3.05, 3.63) is 17.5 Å². The third-order valence-electron chi connectivity index (χ3n) is 3.07. The van der Waals surface area contributed by atoms with Crippen LogP contribution in [0.4, 0.5) is 5.95 Å². The minimum atomic E-state index is 0.156. The van der Waals surface area contributed by atoms with Gasteiger partial charge in [-0.15, -0.1) is 0 Å². The van der Waals surface area contributed by atoms with E-state index in [4.69, 9.17) is 18.0 Å². The molecule has 1 amide bonds. The lowest BCUT2D eigenvalue weighted by Gasteiger charge is -2.30. The summed E-state index contributed by atoms with van der Waals surface area (Å²) in [5.74, 6) is 0.683. The Morgan fingerprint density at radius 2 is 2.32 bits per heavy atom. The maximum atomic E-state index is 11.4. The largest absolute Gasteiger partial charge is 0.388 e. The van der Waals surface area contributed by atoms with Gasteiger partial charge in [-0.3, -0.25) is 4.79 Å². The first-order valence-corrected chi connectivity index (χ1v) is 6.52. The quantitative estimate of drug-likeness (QED) is 0.782. The Morgan fingerprint density at radius 3 is 2.95 bits per heavy atom. The number of nitrogens with zero attached hydrogens (tertiary/aromatic N) is 3. The molecule has 19 heavy (non-hydrogen) atoms. The maximum absolute atomic E-state index is 11.4. The third kappa shape index (κ3) is 3.37. The summed E-state index contributed by atoms with van der Waals surface area (Å²) in [6.07, 6.45) is 1.32. The average Bonchev–Trinajstić information content (AvgIpc) is 2.33. The first-order chi connectivity index (χ1) is 8.95. The number of thiocarbonyl (C=S) groups is 1. The van der Waals surface area contributed by atoms with E-state index in [1.807, 2.05) is 6.92 Å². The summed E-state index contributed by atoms with van der Waals surface area (Å²) >= 11 is 4.93. The molecule has 0 spiro atoms. The van der Waals surface area contributed by atoms with Gasteiger partial charge >= 0.3 is 0 Å². The molecule has 1 aromatic rings. The van der Waals surface area contributed by atoms with Gasteiger partial charge in [0.1, 0.15) is 10.7 Å². The summed E-state index contributed by atoms with van der Waals surface area (Å²) in [5, 5.41) is 3.24. The van der Waals surface area contributed by atoms with Crippen LogP contribution in [0.1, 0.15) is 24.2 Å². The van der Waals surface area contributed by atoms with Crippen LogP contribution in [-0.2, 0) is 4.79 Å². The topological polar surface area (TPSA) is 84.1 Å². The van der Waals surface area contributed by atoms with Crippen LogP contribution in [0, 0.1) is 6.92 Å². The van der Waals surface area contributed by atoms with Crippen molar-refractivity contribution in [1.82, 2.24) is 14.9 Å². The molecule has 0 aromatic carbocycles. The van der Waals surface area contributed by atoms with E-state index < -0.39 is 0 Å². The van der Waals surface area contributed by atoms with Gasteiger partial charge in [0, 0.05) is 31.7 Å². The number of anilines is 1. The van der Waals surface area contributed by atoms with Crippen molar-refractivity contribution in [2.75, 3.05) is 18.9 Å². The lowest BCUT2D eigenvalue weighted by atomic mass is 10.1. The van der Waals surface area contributed by atoms with E-state index in [-0.39, 0.29) is 16.9 Å². The highest BCUT2D eigenvalue weighted by Crippen LogP contribution is 2.14. The number of hydrogen-bond acceptors (Lipinski definition) is 5. The first kappa shape index (κ1) is 13.7. The van der Waals surface area contributed by atoms with Crippen molar-refractivity contribution in [2.45, 2.75) is 25.8 Å². The lowest BCUT2D eigenvalue weighted by molar-refractivity contribution is -0.132. The van der Waals surface area contributed by atoms with Gasteiger partial charge in [-0.05, 0) is 19.4 Å². The predicted molar refractivity (Wildman–Crippen MR) is 76.9 cm³/mol. The smallest absolute Gasteiger partial charge is 0.223 e. The van der Waals surface area contributed by atoms with E-state index in [1.54, 1.807) is 18.0 Å². The second kappa shape index (κ2) is 5.48. The molecule has 1 unspecified atom stereocenters. The molecule has 0 bridgehead atoms. The number of carbonyl (C=O) groups is 1. The van der Waals surface area contributed by atoms with Gasteiger partial charge in [0.15, 0.2) is 0 Å². The molecule has 0 saturated carbocycles. The molecular weight excluding hydrogens is 262 g/mol. The Hall–Kier alpha value is -1.76. The summed E-state index contributed by atoms with van der Waals surface area (Å²) in [4.78, 5) is 22.0. The van der Waals surface area contributed by atoms with Crippen LogP contribution in [0.5, 0.6) is 0 Å². The SMILES string of the molecule is Cc1cc(C(N)=S)nc(NC2CCC(=O)N(C)C2)n1. The van der Waals surface area contributed by atoms with E-state index in [0.29, 0.717) is 24.6 Å². The Bertz CT molecular complexity index is 519. The Kier molecular flexibility index (Phi) is 3.94. The molecule has 2 heterocycles. The molecular formula is C12H17N5OS. The molecule has 2 rings (SSSR count). The molecule has 1 fully saturated rings. The lowest BCUT2D eigenvalue weighted by Crippen LogP contribution is -2.43. The number of carbonyl (C=O) groups excluding carboxylic acids is 1. The number of aryl methyl sites for hydroxylation is 1. The number of rotatable bonds is 3. The zero-order chi connectivity index (χ0) is 14.0. The second-order valence-electron chi connectivity index (χ2n) is 4.74. The number of likely N-dealkylation sites (tertiary alicyclic amines) is 1. The zero-order valence-electron chi connectivity index (χ0n) is 11.0. The minimum Gasteiger partial charge on any atom is -0.388 e. The first-order valence-electron chi connectivity index (χ1n) is 6.11. The highest BCUT2D eigenvalue weighted by atomic mass is 32.1. The molecule has 1 aliphatic rings. The number of nitrogens with one attached hydrogen (secondary N) is 1. The van der Waals surface area contributed by atoms with Crippen LogP contribution in [0.15, 0.2) is 6.07 Å². The molecule has 1 atom stereocenters. The summed E-state index contributed by atoms with van der Waals surface area (Å²) in [6.45, 7) is 2.52. The van der Waals surface area contributed by atoms with Gasteiger partial charge in [0.05, 0.1) is 0 Å². The van der Waals surface area contributed by atoms with Gasteiger partial charge in [0.2, 0.25) is 11.9 Å². The van der Waals surface area contributed by atoms with Crippen molar-refractivity contribution in [3.8, 4) is 0 Å². The fourth-order valence-corrected chi connectivity index (χ4v) is 2.18. The van der Waals surface area contributed by atoms with Crippen LogP contribution < -0.4 is 11.1 Å². The monoisotopic (exact) mass is 279 g/mol. The number of likely N-dealkylation sites (N-methyl/N-ethyl adjacent to an activating group) is 1.